The van der Waals surface area contributed by atoms with Gasteiger partial charge in [0.2, 0.25) is 21.8 Å². The van der Waals surface area contributed by atoms with E-state index in [0.29, 0.717) is 10.9 Å². The molecule has 9 heteroatoms. The molecule has 29 heavy (non-hydrogen) atoms. The van der Waals surface area contributed by atoms with Crippen molar-refractivity contribution < 1.29 is 17.9 Å². The minimum Gasteiger partial charge on any atom is -0.474 e. The number of amides is 1. The highest BCUT2D eigenvalue weighted by Gasteiger charge is 2.23. The molecule has 0 saturated heterocycles. The first-order chi connectivity index (χ1) is 13.8. The highest BCUT2D eigenvalue weighted by atomic mass is 35.5. The average Bonchev–Trinajstić information content (AvgIpc) is 3.20. The normalized spacial score (nSPS) is 14.9. The molecule has 0 aliphatic heterocycles. The van der Waals surface area contributed by atoms with Gasteiger partial charge in [0.05, 0.1) is 11.4 Å². The van der Waals surface area contributed by atoms with E-state index < -0.39 is 15.9 Å². The van der Waals surface area contributed by atoms with Gasteiger partial charge in [0, 0.05) is 30.9 Å². The monoisotopic (exact) mass is 437 g/mol. The van der Waals surface area contributed by atoms with Gasteiger partial charge >= 0.3 is 0 Å². The Balaban J connectivity index is 1.53. The van der Waals surface area contributed by atoms with Crippen molar-refractivity contribution in [2.45, 2.75) is 43.2 Å². The van der Waals surface area contributed by atoms with Crippen LogP contribution in [-0.4, -0.2) is 43.3 Å². The second kappa shape index (κ2) is 9.56. The quantitative estimate of drug-likeness (QED) is 0.685. The van der Waals surface area contributed by atoms with Crippen molar-refractivity contribution in [3.63, 3.8) is 0 Å². The van der Waals surface area contributed by atoms with Crippen molar-refractivity contribution in [2.24, 2.45) is 0 Å². The minimum atomic E-state index is -3.77. The molecule has 0 bridgehead atoms. The number of nitrogens with one attached hydrogen (secondary N) is 1. The summed E-state index contributed by atoms with van der Waals surface area (Å²) in [6.45, 7) is -0.0291. The largest absolute Gasteiger partial charge is 0.474 e. The Kier molecular flexibility index (Phi) is 7.10. The Labute approximate surface area is 176 Å². The molecule has 0 atom stereocenters. The summed E-state index contributed by atoms with van der Waals surface area (Å²) in [5.74, 6) is 0.145. The van der Waals surface area contributed by atoms with Crippen LogP contribution in [0.5, 0.6) is 5.88 Å². The zero-order valence-electron chi connectivity index (χ0n) is 16.2. The Bertz CT molecular complexity index is 944. The van der Waals surface area contributed by atoms with Crippen LogP contribution in [0, 0.1) is 0 Å². The molecule has 7 nitrogen and oxygen atoms in total. The fourth-order valence-corrected chi connectivity index (χ4v) is 4.39. The maximum absolute atomic E-state index is 12.5. The van der Waals surface area contributed by atoms with Crippen molar-refractivity contribution in [2.75, 3.05) is 13.6 Å². The number of sulfonamides is 1. The van der Waals surface area contributed by atoms with E-state index in [1.165, 1.54) is 44.2 Å². The molecule has 0 unspecified atom stereocenters. The number of carbonyl (C=O) groups is 1. The van der Waals surface area contributed by atoms with Gasteiger partial charge in [-0.15, -0.1) is 0 Å². The number of ether oxygens (including phenoxy) is 1. The summed E-state index contributed by atoms with van der Waals surface area (Å²) in [7, 11) is -2.41. The van der Waals surface area contributed by atoms with E-state index in [-0.39, 0.29) is 24.1 Å². The molecular formula is C20H24ClN3O4S. The van der Waals surface area contributed by atoms with Crippen LogP contribution < -0.4 is 10.1 Å². The molecule has 1 fully saturated rings. The molecule has 3 rings (SSSR count). The highest BCUT2D eigenvalue weighted by Crippen LogP contribution is 2.23. The Morgan fingerprint density at radius 1 is 1.24 bits per heavy atom. The second-order valence-electron chi connectivity index (χ2n) is 7.02. The van der Waals surface area contributed by atoms with Gasteiger partial charge in [0.1, 0.15) is 6.10 Å². The molecule has 1 aromatic carbocycles. The number of nitrogens with zero attached hydrogens (tertiary/aromatic N) is 2. The van der Waals surface area contributed by atoms with Crippen LogP contribution in [0.25, 0.3) is 0 Å². The van der Waals surface area contributed by atoms with Crippen LogP contribution in [0.2, 0.25) is 5.02 Å². The van der Waals surface area contributed by atoms with Gasteiger partial charge in [-0.3, -0.25) is 4.79 Å². The fourth-order valence-electron chi connectivity index (χ4n) is 3.13. The molecular weight excluding hydrogens is 414 g/mol. The van der Waals surface area contributed by atoms with E-state index in [0.717, 1.165) is 22.7 Å². The van der Waals surface area contributed by atoms with Gasteiger partial charge in [0.15, 0.2) is 0 Å². The van der Waals surface area contributed by atoms with Crippen molar-refractivity contribution >= 4 is 27.5 Å². The first kappa shape index (κ1) is 21.5. The topological polar surface area (TPSA) is 88.6 Å². The summed E-state index contributed by atoms with van der Waals surface area (Å²) in [5, 5.41) is 3.18. The molecule has 0 radical (unpaired) electrons. The van der Waals surface area contributed by atoms with Crippen molar-refractivity contribution in [3.05, 3.63) is 53.2 Å². The summed E-state index contributed by atoms with van der Waals surface area (Å²) in [5.41, 5.74) is 0.838. The van der Waals surface area contributed by atoms with Gasteiger partial charge in [0.25, 0.3) is 0 Å². The van der Waals surface area contributed by atoms with Crippen LogP contribution in [0.1, 0.15) is 31.2 Å². The van der Waals surface area contributed by atoms with Crippen LogP contribution in [0.3, 0.4) is 0 Å². The number of benzene rings is 1. The predicted octanol–water partition coefficient (Wildman–Crippen LogP) is 2.99. The molecule has 156 valence electrons. The van der Waals surface area contributed by atoms with Gasteiger partial charge in [-0.2, -0.15) is 4.31 Å². The third-order valence-corrected chi connectivity index (χ3v) is 6.84. The lowest BCUT2D eigenvalue weighted by atomic mass is 10.2. The van der Waals surface area contributed by atoms with E-state index in [2.05, 4.69) is 10.3 Å². The Morgan fingerprint density at radius 2 is 1.93 bits per heavy atom. The standard InChI is InChI=1S/C20H24ClN3O4S/c1-24(29(26,27)18-8-6-16(21)7-9-18)14-19(25)23-13-15-10-11-22-20(12-15)28-17-4-2-3-5-17/h6-12,17H,2-5,13-14H2,1H3,(H,23,25). The van der Waals surface area contributed by atoms with Crippen molar-refractivity contribution in [3.8, 4) is 5.88 Å². The molecule has 1 aliphatic rings. The first-order valence-corrected chi connectivity index (χ1v) is 11.3. The van der Waals surface area contributed by atoms with E-state index in [1.54, 1.807) is 18.3 Å². The molecule has 1 N–H and O–H groups in total. The molecule has 0 spiro atoms. The third kappa shape index (κ3) is 5.91. The molecule has 1 amide bonds. The van der Waals surface area contributed by atoms with Gasteiger partial charge in [-0.05, 0) is 61.6 Å². The number of likely N-dealkylation sites (N-methyl/N-ethyl adjacent to an activating group) is 1. The van der Waals surface area contributed by atoms with Gasteiger partial charge in [-0.1, -0.05) is 11.6 Å². The summed E-state index contributed by atoms with van der Waals surface area (Å²) >= 11 is 5.80. The smallest absolute Gasteiger partial charge is 0.243 e. The van der Waals surface area contributed by atoms with Crippen LogP contribution >= 0.6 is 11.6 Å². The number of carbonyl (C=O) groups excluding carboxylic acids is 1. The minimum absolute atomic E-state index is 0.0834. The summed E-state index contributed by atoms with van der Waals surface area (Å²) in [6.07, 6.45) is 6.27. The third-order valence-electron chi connectivity index (χ3n) is 4.77. The van der Waals surface area contributed by atoms with E-state index in [1.807, 2.05) is 0 Å². The summed E-state index contributed by atoms with van der Waals surface area (Å²) < 4.78 is 32.0. The number of aromatic nitrogens is 1. The number of rotatable bonds is 8. The molecule has 1 saturated carbocycles. The van der Waals surface area contributed by atoms with Crippen molar-refractivity contribution in [1.82, 2.24) is 14.6 Å². The second-order valence-corrected chi connectivity index (χ2v) is 9.50. The average molecular weight is 438 g/mol. The Morgan fingerprint density at radius 3 is 2.62 bits per heavy atom. The Hall–Kier alpha value is -2.16. The summed E-state index contributed by atoms with van der Waals surface area (Å²) in [4.78, 5) is 16.5. The zero-order valence-corrected chi connectivity index (χ0v) is 17.7. The van der Waals surface area contributed by atoms with Gasteiger partial charge < -0.3 is 10.1 Å². The van der Waals surface area contributed by atoms with Crippen molar-refractivity contribution in [1.29, 1.82) is 0 Å². The van der Waals surface area contributed by atoms with Crippen LogP contribution in [0.15, 0.2) is 47.5 Å². The van der Waals surface area contributed by atoms with Crippen LogP contribution in [0.4, 0.5) is 0 Å². The van der Waals surface area contributed by atoms with E-state index in [9.17, 15) is 13.2 Å². The number of halogens is 1. The van der Waals surface area contributed by atoms with Crippen LogP contribution in [-0.2, 0) is 21.4 Å². The van der Waals surface area contributed by atoms with E-state index in [4.69, 9.17) is 16.3 Å². The zero-order chi connectivity index (χ0) is 20.9. The lowest BCUT2D eigenvalue weighted by Crippen LogP contribution is -2.38. The molecule has 1 aliphatic carbocycles. The maximum Gasteiger partial charge on any atom is 0.243 e. The molecule has 1 heterocycles. The SMILES string of the molecule is CN(CC(=O)NCc1ccnc(OC2CCCC2)c1)S(=O)(=O)c1ccc(Cl)cc1. The summed E-state index contributed by atoms with van der Waals surface area (Å²) in [6, 6.07) is 9.40. The highest BCUT2D eigenvalue weighted by molar-refractivity contribution is 7.89. The lowest BCUT2D eigenvalue weighted by molar-refractivity contribution is -0.121. The molecule has 2 aromatic rings. The number of hydrogen-bond acceptors (Lipinski definition) is 5. The number of pyridine rings is 1. The lowest BCUT2D eigenvalue weighted by Gasteiger charge is -2.17. The number of hydrogen-bond donors (Lipinski definition) is 1. The van der Waals surface area contributed by atoms with E-state index >= 15 is 0 Å². The fraction of sp³-hybridized carbons (Fsp3) is 0.400. The first-order valence-electron chi connectivity index (χ1n) is 9.45. The maximum atomic E-state index is 12.5. The van der Waals surface area contributed by atoms with Gasteiger partial charge in [-0.25, -0.2) is 13.4 Å². The molecule has 1 aromatic heterocycles. The predicted molar refractivity (Wildman–Crippen MR) is 110 cm³/mol.